The van der Waals surface area contributed by atoms with Crippen LogP contribution in [0, 0.1) is 5.92 Å². The Morgan fingerprint density at radius 1 is 1.67 bits per heavy atom. The molecule has 0 aliphatic carbocycles. The van der Waals surface area contributed by atoms with Crippen LogP contribution in [0.5, 0.6) is 0 Å². The smallest absolute Gasteiger partial charge is 0.219 e. The number of ether oxygens (including phenoxy) is 2. The van der Waals surface area contributed by atoms with E-state index in [1.807, 2.05) is 26.0 Å². The maximum Gasteiger partial charge on any atom is 0.219 e. The first-order chi connectivity index (χ1) is 7.22. The van der Waals surface area contributed by atoms with Crippen LogP contribution in [-0.2, 0) is 14.3 Å². The highest BCUT2D eigenvalue weighted by Gasteiger charge is 2.09. The second-order valence-corrected chi connectivity index (χ2v) is 3.88. The van der Waals surface area contributed by atoms with Crippen LogP contribution in [0.1, 0.15) is 26.7 Å². The molecule has 0 amide bonds. The zero-order valence-corrected chi connectivity index (χ0v) is 9.31. The van der Waals surface area contributed by atoms with Crippen LogP contribution in [0.15, 0.2) is 24.0 Å². The summed E-state index contributed by atoms with van der Waals surface area (Å²) in [6.07, 6.45) is 7.65. The van der Waals surface area contributed by atoms with Gasteiger partial charge < -0.3 is 14.3 Å². The number of hydrogen-bond donors (Lipinski definition) is 0. The largest absolute Gasteiger partial charge is 0.469 e. The Morgan fingerprint density at radius 2 is 2.47 bits per heavy atom. The van der Waals surface area contributed by atoms with Crippen LogP contribution in [0.25, 0.3) is 0 Å². The summed E-state index contributed by atoms with van der Waals surface area (Å²) in [7, 11) is 0. The number of carbonyl (C=O) groups is 1. The third kappa shape index (κ3) is 4.79. The van der Waals surface area contributed by atoms with Crippen molar-refractivity contribution in [1.29, 1.82) is 0 Å². The van der Waals surface area contributed by atoms with Crippen LogP contribution >= 0.6 is 0 Å². The fourth-order valence-electron chi connectivity index (χ4n) is 1.29. The topological polar surface area (TPSA) is 35.5 Å². The van der Waals surface area contributed by atoms with Crippen molar-refractivity contribution in [2.75, 3.05) is 6.61 Å². The van der Waals surface area contributed by atoms with Crippen molar-refractivity contribution in [3.63, 3.8) is 0 Å². The minimum atomic E-state index is -0.265. The molecule has 1 aliphatic rings. The summed E-state index contributed by atoms with van der Waals surface area (Å²) in [6.45, 7) is 4.67. The molecular weight excluding hydrogens is 192 g/mol. The Morgan fingerprint density at radius 3 is 3.13 bits per heavy atom. The van der Waals surface area contributed by atoms with E-state index in [4.69, 9.17) is 9.47 Å². The summed E-state index contributed by atoms with van der Waals surface area (Å²) in [5, 5.41) is 0. The summed E-state index contributed by atoms with van der Waals surface area (Å²) in [6, 6.07) is 0. The molecule has 1 rings (SSSR count). The molecular formula is C12H18O3. The van der Waals surface area contributed by atoms with Crippen LogP contribution in [0.3, 0.4) is 0 Å². The molecule has 0 aromatic heterocycles. The van der Waals surface area contributed by atoms with Crippen molar-refractivity contribution in [3.8, 4) is 0 Å². The fourth-order valence-corrected chi connectivity index (χ4v) is 1.29. The highest BCUT2D eigenvalue weighted by Crippen LogP contribution is 2.12. The first kappa shape index (κ1) is 12.0. The van der Waals surface area contributed by atoms with Crippen molar-refractivity contribution in [2.45, 2.75) is 33.0 Å². The van der Waals surface area contributed by atoms with Gasteiger partial charge in [-0.1, -0.05) is 6.92 Å². The molecule has 2 unspecified atom stereocenters. The fraction of sp³-hybridized carbons (Fsp3) is 0.583. The summed E-state index contributed by atoms with van der Waals surface area (Å²) in [5.41, 5.74) is 1.15. The van der Waals surface area contributed by atoms with E-state index in [0.717, 1.165) is 18.3 Å². The van der Waals surface area contributed by atoms with E-state index in [1.165, 1.54) is 0 Å². The number of hydrogen-bond acceptors (Lipinski definition) is 3. The van der Waals surface area contributed by atoms with Gasteiger partial charge in [0.05, 0.1) is 12.9 Å². The highest BCUT2D eigenvalue weighted by atomic mass is 16.7. The minimum Gasteiger partial charge on any atom is -0.469 e. The number of allylic oxidation sites excluding steroid dienone is 2. The van der Waals surface area contributed by atoms with E-state index in [-0.39, 0.29) is 6.29 Å². The molecule has 0 radical (unpaired) electrons. The van der Waals surface area contributed by atoms with E-state index in [9.17, 15) is 4.79 Å². The molecule has 0 aromatic carbocycles. The lowest BCUT2D eigenvalue weighted by Gasteiger charge is -2.18. The van der Waals surface area contributed by atoms with Gasteiger partial charge in [-0.25, -0.2) is 0 Å². The molecule has 3 heteroatoms. The predicted molar refractivity (Wildman–Crippen MR) is 58.2 cm³/mol. The minimum absolute atomic E-state index is 0.265. The van der Waals surface area contributed by atoms with Crippen molar-refractivity contribution in [2.24, 2.45) is 5.92 Å². The lowest BCUT2D eigenvalue weighted by Crippen LogP contribution is -2.16. The van der Waals surface area contributed by atoms with Gasteiger partial charge in [-0.3, -0.25) is 0 Å². The maximum atomic E-state index is 10.2. The van der Waals surface area contributed by atoms with E-state index in [0.29, 0.717) is 18.9 Å². The lowest BCUT2D eigenvalue weighted by atomic mass is 10.1. The molecule has 0 spiro atoms. The first-order valence-electron chi connectivity index (χ1n) is 5.28. The molecule has 2 atom stereocenters. The third-order valence-corrected chi connectivity index (χ3v) is 2.33. The van der Waals surface area contributed by atoms with E-state index in [1.54, 1.807) is 6.26 Å². The SMILES string of the molecule is CC1=CC(OCCC(C)CC=O)OC=C1. The molecule has 15 heavy (non-hydrogen) atoms. The van der Waals surface area contributed by atoms with Crippen molar-refractivity contribution in [1.82, 2.24) is 0 Å². The van der Waals surface area contributed by atoms with Crippen molar-refractivity contribution >= 4 is 6.29 Å². The quantitative estimate of drug-likeness (QED) is 0.632. The maximum absolute atomic E-state index is 10.2. The van der Waals surface area contributed by atoms with Gasteiger partial charge in [-0.15, -0.1) is 0 Å². The molecule has 0 fully saturated rings. The Kier molecular flexibility index (Phi) is 5.12. The molecule has 3 nitrogen and oxygen atoms in total. The van der Waals surface area contributed by atoms with Gasteiger partial charge in [-0.05, 0) is 37.0 Å². The van der Waals surface area contributed by atoms with Crippen molar-refractivity contribution < 1.29 is 14.3 Å². The van der Waals surface area contributed by atoms with Crippen LogP contribution in [-0.4, -0.2) is 19.2 Å². The number of rotatable bonds is 6. The normalized spacial score (nSPS) is 21.7. The molecule has 0 saturated heterocycles. The number of carbonyl (C=O) groups excluding carboxylic acids is 1. The van der Waals surface area contributed by atoms with Crippen LogP contribution in [0.2, 0.25) is 0 Å². The average molecular weight is 210 g/mol. The third-order valence-electron chi connectivity index (χ3n) is 2.33. The van der Waals surface area contributed by atoms with E-state index in [2.05, 4.69) is 0 Å². The number of aldehydes is 1. The summed E-state index contributed by atoms with van der Waals surface area (Å²) < 4.78 is 10.7. The monoisotopic (exact) mass is 210 g/mol. The molecule has 1 aliphatic heterocycles. The van der Waals surface area contributed by atoms with Crippen LogP contribution < -0.4 is 0 Å². The van der Waals surface area contributed by atoms with Gasteiger partial charge >= 0.3 is 0 Å². The molecule has 0 saturated carbocycles. The first-order valence-corrected chi connectivity index (χ1v) is 5.28. The second-order valence-electron chi connectivity index (χ2n) is 3.88. The zero-order valence-electron chi connectivity index (χ0n) is 9.31. The Labute approximate surface area is 90.8 Å². The van der Waals surface area contributed by atoms with Crippen molar-refractivity contribution in [3.05, 3.63) is 24.0 Å². The highest BCUT2D eigenvalue weighted by molar-refractivity contribution is 5.49. The summed E-state index contributed by atoms with van der Waals surface area (Å²) >= 11 is 0. The van der Waals surface area contributed by atoms with Gasteiger partial charge in [0.15, 0.2) is 0 Å². The Balaban J connectivity index is 2.15. The molecule has 84 valence electrons. The zero-order chi connectivity index (χ0) is 11.1. The average Bonchev–Trinajstić information content (AvgIpc) is 2.18. The van der Waals surface area contributed by atoms with E-state index >= 15 is 0 Å². The Bertz CT molecular complexity index is 256. The van der Waals surface area contributed by atoms with Gasteiger partial charge in [0.2, 0.25) is 6.29 Å². The molecule has 0 N–H and O–H groups in total. The van der Waals surface area contributed by atoms with Gasteiger partial charge in [0.25, 0.3) is 0 Å². The summed E-state index contributed by atoms with van der Waals surface area (Å²) in [5.74, 6) is 0.381. The van der Waals surface area contributed by atoms with Gasteiger partial charge in [0, 0.05) is 6.42 Å². The second kappa shape index (κ2) is 6.40. The molecule has 1 heterocycles. The lowest BCUT2D eigenvalue weighted by molar-refractivity contribution is -0.108. The van der Waals surface area contributed by atoms with Crippen LogP contribution in [0.4, 0.5) is 0 Å². The standard InChI is InChI=1S/C12H18O3/c1-10(3-6-13)4-7-14-12-9-11(2)5-8-15-12/h5-6,8-10,12H,3-4,7H2,1-2H3. The molecule has 0 aromatic rings. The summed E-state index contributed by atoms with van der Waals surface area (Å²) in [4.78, 5) is 10.2. The van der Waals surface area contributed by atoms with Gasteiger partial charge in [0.1, 0.15) is 6.29 Å². The van der Waals surface area contributed by atoms with Gasteiger partial charge in [-0.2, -0.15) is 0 Å². The Hall–Kier alpha value is -1.09. The predicted octanol–water partition coefficient (Wildman–Crippen LogP) is 2.43. The van der Waals surface area contributed by atoms with E-state index < -0.39 is 0 Å². The molecule has 0 bridgehead atoms.